The van der Waals surface area contributed by atoms with Crippen LogP contribution in [0.5, 0.6) is 12.0 Å². The highest BCUT2D eigenvalue weighted by atomic mass is 31.2. The normalized spacial score (nSPS) is 13.5. The molecule has 2 unspecified atom stereocenters. The van der Waals surface area contributed by atoms with E-state index in [2.05, 4.69) is 15.0 Å². The Labute approximate surface area is 206 Å². The Morgan fingerprint density at radius 3 is 2.22 bits per heavy atom. The molecule has 0 aliphatic carbocycles. The molecular formula is C23H26N5O7P. The maximum absolute atomic E-state index is 11.7. The second kappa shape index (κ2) is 11.0. The van der Waals surface area contributed by atoms with E-state index in [0.717, 1.165) is 0 Å². The minimum Gasteiger partial charge on any atom is -0.480 e. The van der Waals surface area contributed by atoms with E-state index in [1.165, 1.54) is 11.7 Å². The summed E-state index contributed by atoms with van der Waals surface area (Å²) in [5, 5.41) is 11.0. The number of anilines is 1. The van der Waals surface area contributed by atoms with Crippen molar-refractivity contribution in [3.8, 4) is 12.0 Å². The Morgan fingerprint density at radius 1 is 0.972 bits per heavy atom. The highest BCUT2D eigenvalue weighted by Gasteiger charge is 2.34. The lowest BCUT2D eigenvalue weighted by atomic mass is 9.95. The summed E-state index contributed by atoms with van der Waals surface area (Å²) in [6.07, 6.45) is -1.80. The Bertz CT molecular complexity index is 1350. The van der Waals surface area contributed by atoms with Crippen LogP contribution in [0.4, 0.5) is 5.82 Å². The van der Waals surface area contributed by atoms with E-state index in [1.54, 1.807) is 48.5 Å². The van der Waals surface area contributed by atoms with Crippen LogP contribution < -0.4 is 10.5 Å². The maximum Gasteiger partial charge on any atom is 0.351 e. The molecule has 2 aromatic carbocycles. The third-order valence-corrected chi connectivity index (χ3v) is 5.79. The van der Waals surface area contributed by atoms with Crippen LogP contribution in [0, 0.1) is 0 Å². The number of nitrogens with zero attached hydrogens (tertiary/aromatic N) is 4. The Balaban J connectivity index is 1.92. The van der Waals surface area contributed by atoms with Crippen LogP contribution in [0.2, 0.25) is 0 Å². The van der Waals surface area contributed by atoms with Crippen LogP contribution >= 0.6 is 7.60 Å². The molecule has 12 nitrogen and oxygen atoms in total. The number of fused-ring (bicyclic) bond motifs is 1. The highest BCUT2D eigenvalue weighted by Crippen LogP contribution is 2.44. The smallest absolute Gasteiger partial charge is 0.351 e. The summed E-state index contributed by atoms with van der Waals surface area (Å²) in [5.41, 5.74) is 7.66. The number of aromatic nitrogens is 4. The monoisotopic (exact) mass is 515 g/mol. The lowest BCUT2D eigenvalue weighted by Gasteiger charge is -2.30. The van der Waals surface area contributed by atoms with Gasteiger partial charge in [-0.15, -0.1) is 0 Å². The van der Waals surface area contributed by atoms with E-state index in [-0.39, 0.29) is 29.6 Å². The zero-order valence-corrected chi connectivity index (χ0v) is 20.2. The van der Waals surface area contributed by atoms with Crippen molar-refractivity contribution in [2.75, 3.05) is 32.4 Å². The molecule has 0 fully saturated rings. The van der Waals surface area contributed by atoms with Gasteiger partial charge in [-0.2, -0.15) is 15.0 Å². The highest BCUT2D eigenvalue weighted by molar-refractivity contribution is 7.51. The van der Waals surface area contributed by atoms with Gasteiger partial charge in [-0.1, -0.05) is 60.7 Å². The summed E-state index contributed by atoms with van der Waals surface area (Å²) in [7, 11) is -3.00. The van der Waals surface area contributed by atoms with Gasteiger partial charge in [-0.3, -0.25) is 9.13 Å². The van der Waals surface area contributed by atoms with Crippen LogP contribution in [0.25, 0.3) is 11.2 Å². The molecule has 0 saturated heterocycles. The molecule has 2 aromatic heterocycles. The van der Waals surface area contributed by atoms with Gasteiger partial charge in [-0.25, -0.2) is 0 Å². The van der Waals surface area contributed by atoms with Crippen LogP contribution in [0.1, 0.15) is 23.3 Å². The van der Waals surface area contributed by atoms with Gasteiger partial charge in [0.05, 0.1) is 12.6 Å². The van der Waals surface area contributed by atoms with Crippen molar-refractivity contribution in [2.45, 2.75) is 12.1 Å². The van der Waals surface area contributed by atoms with Gasteiger partial charge in [0.1, 0.15) is 19.1 Å². The molecule has 2 atom stereocenters. The minimum atomic E-state index is -4.53. The van der Waals surface area contributed by atoms with Crippen molar-refractivity contribution in [3.05, 3.63) is 71.8 Å². The first-order chi connectivity index (χ1) is 17.3. The number of aromatic hydroxyl groups is 1. The molecule has 0 radical (unpaired) electrons. The summed E-state index contributed by atoms with van der Waals surface area (Å²) >= 11 is 0. The van der Waals surface area contributed by atoms with Crippen LogP contribution in [0.3, 0.4) is 0 Å². The van der Waals surface area contributed by atoms with Crippen LogP contribution in [0.15, 0.2) is 60.7 Å². The quantitative estimate of drug-likeness (QED) is 0.171. The van der Waals surface area contributed by atoms with Crippen molar-refractivity contribution in [1.82, 2.24) is 19.5 Å². The predicted molar refractivity (Wildman–Crippen MR) is 131 cm³/mol. The summed E-state index contributed by atoms with van der Waals surface area (Å²) in [4.78, 5) is 31.8. The number of rotatable bonds is 11. The predicted octanol–water partition coefficient (Wildman–Crippen LogP) is 2.62. The zero-order valence-electron chi connectivity index (χ0n) is 19.3. The molecular weight excluding hydrogens is 489 g/mol. The van der Waals surface area contributed by atoms with Gasteiger partial charge in [0.2, 0.25) is 0 Å². The largest absolute Gasteiger partial charge is 0.480 e. The molecule has 13 heteroatoms. The number of imidazole rings is 1. The fourth-order valence-electron chi connectivity index (χ4n) is 3.80. The molecule has 4 rings (SSSR count). The number of hydrogen-bond donors (Lipinski definition) is 4. The Kier molecular flexibility index (Phi) is 7.82. The van der Waals surface area contributed by atoms with Crippen LogP contribution in [-0.2, 0) is 14.0 Å². The first-order valence-electron chi connectivity index (χ1n) is 10.9. The second-order valence-corrected chi connectivity index (χ2v) is 9.42. The number of ether oxygens (including phenoxy) is 3. The number of methoxy groups -OCH3 is 1. The molecule has 5 N–H and O–H groups in total. The molecule has 190 valence electrons. The Morgan fingerprint density at radius 2 is 1.61 bits per heavy atom. The van der Waals surface area contributed by atoms with Gasteiger partial charge < -0.3 is 34.8 Å². The molecule has 2 heterocycles. The van der Waals surface area contributed by atoms with E-state index in [9.17, 15) is 19.5 Å². The maximum atomic E-state index is 11.7. The Hall–Kier alpha value is -3.54. The molecule has 0 spiro atoms. The molecule has 0 bridgehead atoms. The molecule has 0 aliphatic heterocycles. The third-order valence-electron chi connectivity index (χ3n) is 5.30. The van der Waals surface area contributed by atoms with Gasteiger partial charge in [0, 0.05) is 7.11 Å². The van der Waals surface area contributed by atoms with E-state index >= 15 is 0 Å². The second-order valence-electron chi connectivity index (χ2n) is 7.83. The van der Waals surface area contributed by atoms with E-state index in [0.29, 0.717) is 17.7 Å². The first-order valence-corrected chi connectivity index (χ1v) is 12.7. The lowest BCUT2D eigenvalue weighted by Crippen LogP contribution is -2.23. The number of hydrogen-bond acceptors (Lipinski definition) is 9. The summed E-state index contributed by atoms with van der Waals surface area (Å²) in [6, 6.07) is 16.6. The third kappa shape index (κ3) is 5.81. The number of nitrogen functional groups attached to an aromatic ring is 1. The van der Waals surface area contributed by atoms with E-state index < -0.39 is 32.1 Å². The lowest BCUT2D eigenvalue weighted by molar-refractivity contribution is 0.0445. The number of benzene rings is 2. The summed E-state index contributed by atoms with van der Waals surface area (Å²) in [5.74, 6) is -0.0133. The summed E-state index contributed by atoms with van der Waals surface area (Å²) in [6.45, 7) is 0.465. The average molecular weight is 515 g/mol. The van der Waals surface area contributed by atoms with E-state index in [1.807, 2.05) is 12.1 Å². The van der Waals surface area contributed by atoms with Gasteiger partial charge in [-0.05, 0) is 11.1 Å². The van der Waals surface area contributed by atoms with Crippen LogP contribution in [-0.4, -0.2) is 61.1 Å². The standard InChI is InChI=1S/C23H26N5O7P/c1-33-12-13-34-22-26-20(24)17-21(27-22)28(23(29)25-17)18(15-8-4-2-5-9-15)19(35-14-36(30,31)32)16-10-6-3-7-11-16/h2-11,18-19H,12-14H2,1H3,(H,25,29)(H2,24,26,27)(H2,30,31,32). The fraction of sp³-hybridized carbons (Fsp3) is 0.261. The first kappa shape index (κ1) is 25.5. The molecule has 36 heavy (non-hydrogen) atoms. The average Bonchev–Trinajstić information content (AvgIpc) is 3.18. The van der Waals surface area contributed by atoms with Crippen molar-refractivity contribution in [1.29, 1.82) is 0 Å². The fourth-order valence-corrected chi connectivity index (χ4v) is 4.15. The van der Waals surface area contributed by atoms with Crippen molar-refractivity contribution >= 4 is 24.6 Å². The topological polar surface area (TPSA) is 175 Å². The number of nitrogens with two attached hydrogens (primary N) is 1. The molecule has 4 aromatic rings. The van der Waals surface area contributed by atoms with Gasteiger partial charge in [0.15, 0.2) is 17.0 Å². The summed E-state index contributed by atoms with van der Waals surface area (Å²) < 4.78 is 29.5. The zero-order chi connectivity index (χ0) is 25.7. The minimum absolute atomic E-state index is 0.0133. The van der Waals surface area contributed by atoms with E-state index in [4.69, 9.17) is 19.9 Å². The van der Waals surface area contributed by atoms with Crippen molar-refractivity contribution in [2.24, 2.45) is 0 Å². The van der Waals surface area contributed by atoms with Crippen molar-refractivity contribution in [3.63, 3.8) is 0 Å². The SMILES string of the molecule is COCCOc1nc(N)c2nc(O)n(C(c3ccccc3)C(OCP(=O)(O)O)c3ccccc3)c2n1. The van der Waals surface area contributed by atoms with Gasteiger partial charge >= 0.3 is 13.6 Å². The molecule has 0 amide bonds. The van der Waals surface area contributed by atoms with Gasteiger partial charge in [0.25, 0.3) is 6.01 Å². The molecule has 0 saturated carbocycles. The molecule has 0 aliphatic rings. The van der Waals surface area contributed by atoms with Crippen molar-refractivity contribution < 1.29 is 33.7 Å².